The third-order valence-electron chi connectivity index (χ3n) is 3.43. The second-order valence-corrected chi connectivity index (χ2v) is 5.50. The summed E-state index contributed by atoms with van der Waals surface area (Å²) in [6.07, 6.45) is 1.39. The van der Waals surface area contributed by atoms with Crippen molar-refractivity contribution < 1.29 is 4.79 Å². The Kier molecular flexibility index (Phi) is 3.08. The molecule has 2 aromatic rings. The van der Waals surface area contributed by atoms with Crippen LogP contribution < -0.4 is 10.6 Å². The zero-order valence-electron chi connectivity index (χ0n) is 10.7. The van der Waals surface area contributed by atoms with Crippen LogP contribution in [0.25, 0.3) is 10.6 Å². The second-order valence-electron chi connectivity index (χ2n) is 4.64. The lowest BCUT2D eigenvalue weighted by Crippen LogP contribution is -2.30. The zero-order valence-corrected chi connectivity index (χ0v) is 11.5. The van der Waals surface area contributed by atoms with E-state index in [1.807, 2.05) is 24.6 Å². The molecule has 1 aromatic carbocycles. The van der Waals surface area contributed by atoms with E-state index < -0.39 is 0 Å². The van der Waals surface area contributed by atoms with Crippen molar-refractivity contribution in [2.24, 2.45) is 5.73 Å². The van der Waals surface area contributed by atoms with Crippen LogP contribution in [0.5, 0.6) is 0 Å². The van der Waals surface area contributed by atoms with Crippen molar-refractivity contribution in [1.82, 2.24) is 4.98 Å². The molecule has 0 fully saturated rings. The summed E-state index contributed by atoms with van der Waals surface area (Å²) in [7, 11) is 1.83. The smallest absolute Gasteiger partial charge is 0.227 e. The maximum absolute atomic E-state index is 11.7. The Balaban J connectivity index is 1.99. The minimum atomic E-state index is 0.180. The number of nitrogens with two attached hydrogens (primary N) is 1. The maximum Gasteiger partial charge on any atom is 0.227 e. The Morgan fingerprint density at radius 3 is 3.00 bits per heavy atom. The lowest BCUT2D eigenvalue weighted by atomic mass is 9.99. The normalized spacial score (nSPS) is 14.6. The number of aromatic nitrogens is 1. The molecule has 19 heavy (non-hydrogen) atoms. The van der Waals surface area contributed by atoms with Crippen LogP contribution in [0.3, 0.4) is 0 Å². The Labute approximate surface area is 115 Å². The fourth-order valence-corrected chi connectivity index (χ4v) is 3.15. The molecule has 0 saturated carbocycles. The molecular formula is C14H15N3OS. The van der Waals surface area contributed by atoms with Crippen molar-refractivity contribution in [3.05, 3.63) is 34.8 Å². The van der Waals surface area contributed by atoms with Gasteiger partial charge in [0.2, 0.25) is 5.91 Å². The molecule has 1 aromatic heterocycles. The minimum absolute atomic E-state index is 0.180. The first-order valence-corrected chi connectivity index (χ1v) is 7.11. The summed E-state index contributed by atoms with van der Waals surface area (Å²) in [5.41, 5.74) is 9.83. The van der Waals surface area contributed by atoms with Crippen molar-refractivity contribution in [1.29, 1.82) is 0 Å². The molecular weight excluding hydrogens is 258 g/mol. The van der Waals surface area contributed by atoms with Crippen LogP contribution in [0.15, 0.2) is 23.6 Å². The second kappa shape index (κ2) is 4.75. The molecule has 5 heteroatoms. The van der Waals surface area contributed by atoms with Gasteiger partial charge < -0.3 is 10.6 Å². The fraction of sp³-hybridized carbons (Fsp3) is 0.286. The van der Waals surface area contributed by atoms with Crippen LogP contribution in [-0.2, 0) is 17.8 Å². The molecule has 2 N–H and O–H groups in total. The van der Waals surface area contributed by atoms with Crippen LogP contribution in [0.2, 0.25) is 0 Å². The molecule has 0 aliphatic carbocycles. The van der Waals surface area contributed by atoms with Crippen molar-refractivity contribution in [3.63, 3.8) is 0 Å². The highest BCUT2D eigenvalue weighted by molar-refractivity contribution is 7.13. The van der Waals surface area contributed by atoms with Gasteiger partial charge >= 0.3 is 0 Å². The molecule has 2 heterocycles. The van der Waals surface area contributed by atoms with E-state index in [4.69, 9.17) is 5.73 Å². The molecule has 98 valence electrons. The van der Waals surface area contributed by atoms with Gasteiger partial charge in [-0.15, -0.1) is 11.3 Å². The molecule has 4 nitrogen and oxygen atoms in total. The molecule has 0 unspecified atom stereocenters. The van der Waals surface area contributed by atoms with Crippen LogP contribution in [-0.4, -0.2) is 17.9 Å². The molecule has 3 rings (SSSR count). The van der Waals surface area contributed by atoms with Gasteiger partial charge in [0.05, 0.1) is 5.69 Å². The average Bonchev–Trinajstić information content (AvgIpc) is 2.91. The minimum Gasteiger partial charge on any atom is -0.325 e. The molecule has 0 saturated heterocycles. The van der Waals surface area contributed by atoms with E-state index >= 15 is 0 Å². The number of anilines is 1. The number of benzene rings is 1. The highest BCUT2D eigenvalue weighted by Gasteiger charge is 2.21. The summed E-state index contributed by atoms with van der Waals surface area (Å²) in [5, 5.41) is 2.98. The third kappa shape index (κ3) is 2.15. The average molecular weight is 273 g/mol. The van der Waals surface area contributed by atoms with Gasteiger partial charge in [0, 0.05) is 36.6 Å². The number of nitrogens with zero attached hydrogens (tertiary/aromatic N) is 2. The molecule has 0 spiro atoms. The molecule has 0 radical (unpaired) electrons. The van der Waals surface area contributed by atoms with Crippen molar-refractivity contribution in [2.45, 2.75) is 19.4 Å². The van der Waals surface area contributed by atoms with Crippen molar-refractivity contribution >= 4 is 22.9 Å². The van der Waals surface area contributed by atoms with E-state index in [2.05, 4.69) is 11.1 Å². The van der Waals surface area contributed by atoms with Gasteiger partial charge in [-0.05, 0) is 30.2 Å². The van der Waals surface area contributed by atoms with E-state index in [9.17, 15) is 4.79 Å². The SMILES string of the molecule is CN1C(=O)CCc2cc(-c3nc(CN)cs3)ccc21. The standard InChI is InChI=1S/C14H15N3OS/c1-17-12-4-2-10(6-9(12)3-5-13(17)18)14-16-11(7-15)8-19-14/h2,4,6,8H,3,5,7,15H2,1H3. The first kappa shape index (κ1) is 12.3. The summed E-state index contributed by atoms with van der Waals surface area (Å²) in [6, 6.07) is 6.16. The Hall–Kier alpha value is -1.72. The van der Waals surface area contributed by atoms with E-state index in [1.54, 1.807) is 16.2 Å². The van der Waals surface area contributed by atoms with Gasteiger partial charge in [0.1, 0.15) is 5.01 Å². The number of rotatable bonds is 2. The first-order chi connectivity index (χ1) is 9.19. The summed E-state index contributed by atoms with van der Waals surface area (Å²) < 4.78 is 0. The van der Waals surface area contributed by atoms with Crippen LogP contribution >= 0.6 is 11.3 Å². The van der Waals surface area contributed by atoms with Crippen molar-refractivity contribution in [3.8, 4) is 10.6 Å². The van der Waals surface area contributed by atoms with Gasteiger partial charge in [0.15, 0.2) is 0 Å². The number of hydrogen-bond acceptors (Lipinski definition) is 4. The Morgan fingerprint density at radius 2 is 2.26 bits per heavy atom. The maximum atomic E-state index is 11.7. The zero-order chi connectivity index (χ0) is 13.4. The highest BCUT2D eigenvalue weighted by Crippen LogP contribution is 2.32. The fourth-order valence-electron chi connectivity index (χ4n) is 2.32. The monoisotopic (exact) mass is 273 g/mol. The van der Waals surface area contributed by atoms with Gasteiger partial charge in [-0.3, -0.25) is 4.79 Å². The van der Waals surface area contributed by atoms with E-state index in [1.165, 1.54) is 5.56 Å². The Bertz CT molecular complexity index is 635. The van der Waals surface area contributed by atoms with Gasteiger partial charge in [-0.2, -0.15) is 0 Å². The summed E-state index contributed by atoms with van der Waals surface area (Å²) in [5.74, 6) is 0.180. The van der Waals surface area contributed by atoms with Crippen molar-refractivity contribution in [2.75, 3.05) is 11.9 Å². The lowest BCUT2D eigenvalue weighted by Gasteiger charge is -2.25. The number of aryl methyl sites for hydroxylation is 1. The molecule has 1 aliphatic rings. The summed E-state index contributed by atoms with van der Waals surface area (Å²) in [6.45, 7) is 0.471. The summed E-state index contributed by atoms with van der Waals surface area (Å²) >= 11 is 1.61. The molecule has 0 bridgehead atoms. The molecule has 0 atom stereocenters. The van der Waals surface area contributed by atoms with Gasteiger partial charge in [0.25, 0.3) is 0 Å². The number of fused-ring (bicyclic) bond motifs is 1. The van der Waals surface area contributed by atoms with Crippen LogP contribution in [0.1, 0.15) is 17.7 Å². The largest absolute Gasteiger partial charge is 0.325 e. The summed E-state index contributed by atoms with van der Waals surface area (Å²) in [4.78, 5) is 17.9. The van der Waals surface area contributed by atoms with Crippen LogP contribution in [0.4, 0.5) is 5.69 Å². The lowest BCUT2D eigenvalue weighted by molar-refractivity contribution is -0.118. The topological polar surface area (TPSA) is 59.2 Å². The predicted octanol–water partition coefficient (Wildman–Crippen LogP) is 2.18. The number of carbonyl (C=O) groups excluding carboxylic acids is 1. The quantitative estimate of drug-likeness (QED) is 0.912. The number of thiazole rings is 1. The predicted molar refractivity (Wildman–Crippen MR) is 77.2 cm³/mol. The van der Waals surface area contributed by atoms with Crippen LogP contribution in [0, 0.1) is 0 Å². The van der Waals surface area contributed by atoms with E-state index in [0.29, 0.717) is 13.0 Å². The number of hydrogen-bond donors (Lipinski definition) is 1. The number of amides is 1. The molecule has 1 aliphatic heterocycles. The van der Waals surface area contributed by atoms with Gasteiger partial charge in [-0.1, -0.05) is 0 Å². The van der Waals surface area contributed by atoms with Gasteiger partial charge in [-0.25, -0.2) is 4.98 Å². The Morgan fingerprint density at radius 1 is 1.42 bits per heavy atom. The van der Waals surface area contributed by atoms with E-state index in [0.717, 1.165) is 28.4 Å². The number of carbonyl (C=O) groups is 1. The van der Waals surface area contributed by atoms with E-state index in [-0.39, 0.29) is 5.91 Å². The molecule has 1 amide bonds. The highest BCUT2D eigenvalue weighted by atomic mass is 32.1. The first-order valence-electron chi connectivity index (χ1n) is 6.23. The third-order valence-corrected chi connectivity index (χ3v) is 4.37.